The fraction of sp³-hybridized carbons (Fsp3) is 0.125. The molecule has 2 aromatic rings. The van der Waals surface area contributed by atoms with Crippen LogP contribution < -0.4 is 4.74 Å². The Morgan fingerprint density at radius 1 is 1.27 bits per heavy atom. The topological polar surface area (TPSA) is 58.9 Å². The number of hydrogen-bond acceptors (Lipinski definition) is 3. The molecule has 0 aliphatic rings. The molecule has 2 aromatic carbocycles. The maximum atomic E-state index is 10.6. The minimum atomic E-state index is -1.02. The summed E-state index contributed by atoms with van der Waals surface area (Å²) < 4.78 is 6.55. The number of aryl methyl sites for hydroxylation is 1. The van der Waals surface area contributed by atoms with Crippen LogP contribution in [0.5, 0.6) is 5.75 Å². The van der Waals surface area contributed by atoms with Gasteiger partial charge >= 0.3 is 5.97 Å². The minimum Gasteiger partial charge on any atom is -0.480 e. The SMILES string of the molecule is Cc1ccccc1N=Cc1cc(Br)c(OCC(=O)O)c(Br)c1. The molecular formula is C16H13Br2NO3. The number of carboxylic acid groups (broad SMARTS) is 1. The van der Waals surface area contributed by atoms with Crippen molar-refractivity contribution in [3.63, 3.8) is 0 Å². The summed E-state index contributed by atoms with van der Waals surface area (Å²) in [7, 11) is 0. The summed E-state index contributed by atoms with van der Waals surface area (Å²) in [6.07, 6.45) is 1.75. The smallest absolute Gasteiger partial charge is 0.341 e. The van der Waals surface area contributed by atoms with Gasteiger partial charge in [-0.15, -0.1) is 0 Å². The first-order chi connectivity index (χ1) is 10.5. The molecule has 22 heavy (non-hydrogen) atoms. The van der Waals surface area contributed by atoms with Crippen molar-refractivity contribution in [2.24, 2.45) is 4.99 Å². The van der Waals surface area contributed by atoms with E-state index >= 15 is 0 Å². The standard InChI is InChI=1S/C16H13Br2NO3/c1-10-4-2-3-5-14(10)19-8-11-6-12(17)16(13(18)7-11)22-9-15(20)21/h2-8H,9H2,1H3,(H,20,21). The number of carboxylic acids is 1. The summed E-state index contributed by atoms with van der Waals surface area (Å²) in [6, 6.07) is 11.5. The molecule has 114 valence electrons. The van der Waals surface area contributed by atoms with Gasteiger partial charge in [-0.2, -0.15) is 0 Å². The molecule has 0 spiro atoms. The molecule has 0 fully saturated rings. The van der Waals surface area contributed by atoms with Crippen LogP contribution in [-0.2, 0) is 4.79 Å². The van der Waals surface area contributed by atoms with Gasteiger partial charge in [0.15, 0.2) is 6.61 Å². The molecule has 0 saturated heterocycles. The highest BCUT2D eigenvalue weighted by Gasteiger charge is 2.10. The fourth-order valence-corrected chi connectivity index (χ4v) is 3.23. The molecule has 0 amide bonds. The van der Waals surface area contributed by atoms with Crippen molar-refractivity contribution in [2.45, 2.75) is 6.92 Å². The van der Waals surface area contributed by atoms with Gasteiger partial charge in [0.05, 0.1) is 14.6 Å². The third-order valence-corrected chi connectivity index (χ3v) is 4.01. The Hall–Kier alpha value is -1.66. The van der Waals surface area contributed by atoms with E-state index < -0.39 is 12.6 Å². The van der Waals surface area contributed by atoms with Crippen molar-refractivity contribution in [3.8, 4) is 5.75 Å². The second kappa shape index (κ2) is 7.56. The molecule has 2 rings (SSSR count). The first-order valence-electron chi connectivity index (χ1n) is 6.40. The van der Waals surface area contributed by atoms with E-state index in [1.807, 2.05) is 43.3 Å². The molecule has 0 aliphatic carbocycles. The third-order valence-electron chi connectivity index (χ3n) is 2.83. The quantitative estimate of drug-likeness (QED) is 0.702. The van der Waals surface area contributed by atoms with Crippen LogP contribution in [0, 0.1) is 6.92 Å². The lowest BCUT2D eigenvalue weighted by Crippen LogP contribution is -2.10. The average molecular weight is 427 g/mol. The normalized spacial score (nSPS) is 10.9. The Balaban J connectivity index is 2.23. The Kier molecular flexibility index (Phi) is 5.74. The molecule has 0 atom stereocenters. The molecule has 0 saturated carbocycles. The van der Waals surface area contributed by atoms with Gasteiger partial charge in [0.1, 0.15) is 5.75 Å². The van der Waals surface area contributed by atoms with Crippen molar-refractivity contribution < 1.29 is 14.6 Å². The maximum absolute atomic E-state index is 10.6. The van der Waals surface area contributed by atoms with Crippen LogP contribution in [0.1, 0.15) is 11.1 Å². The highest BCUT2D eigenvalue weighted by Crippen LogP contribution is 2.34. The number of nitrogens with zero attached hydrogens (tertiary/aromatic N) is 1. The van der Waals surface area contributed by atoms with E-state index in [1.165, 1.54) is 0 Å². The zero-order valence-electron chi connectivity index (χ0n) is 11.7. The number of aliphatic carboxylic acids is 1. The zero-order chi connectivity index (χ0) is 16.1. The molecule has 0 aliphatic heterocycles. The third kappa shape index (κ3) is 4.42. The molecule has 0 bridgehead atoms. The van der Waals surface area contributed by atoms with Crippen LogP contribution in [0.25, 0.3) is 0 Å². The minimum absolute atomic E-state index is 0.395. The lowest BCUT2D eigenvalue weighted by molar-refractivity contribution is -0.139. The molecule has 0 aromatic heterocycles. The summed E-state index contributed by atoms with van der Waals surface area (Å²) >= 11 is 6.76. The number of hydrogen-bond donors (Lipinski definition) is 1. The summed E-state index contributed by atoms with van der Waals surface area (Å²) in [4.78, 5) is 15.0. The number of para-hydroxylation sites is 1. The van der Waals surface area contributed by atoms with Gasteiger partial charge in [-0.25, -0.2) is 4.79 Å². The maximum Gasteiger partial charge on any atom is 0.341 e. The van der Waals surface area contributed by atoms with Crippen molar-refractivity contribution in [3.05, 3.63) is 56.5 Å². The average Bonchev–Trinajstić information content (AvgIpc) is 2.45. The van der Waals surface area contributed by atoms with E-state index in [2.05, 4.69) is 36.9 Å². The van der Waals surface area contributed by atoms with Crippen molar-refractivity contribution in [2.75, 3.05) is 6.61 Å². The predicted molar refractivity (Wildman–Crippen MR) is 93.4 cm³/mol. The summed E-state index contributed by atoms with van der Waals surface area (Å²) in [5.41, 5.74) is 2.86. The predicted octanol–water partition coefficient (Wildman–Crippen LogP) is 4.73. The molecule has 6 heteroatoms. The fourth-order valence-electron chi connectivity index (χ4n) is 1.78. The van der Waals surface area contributed by atoms with E-state index in [0.29, 0.717) is 14.7 Å². The van der Waals surface area contributed by atoms with Crippen molar-refractivity contribution in [1.29, 1.82) is 0 Å². The van der Waals surface area contributed by atoms with E-state index in [9.17, 15) is 4.79 Å². The van der Waals surface area contributed by atoms with Gasteiger partial charge in [-0.05, 0) is 68.1 Å². The van der Waals surface area contributed by atoms with Crippen LogP contribution in [0.3, 0.4) is 0 Å². The first-order valence-corrected chi connectivity index (χ1v) is 7.99. The van der Waals surface area contributed by atoms with Crippen LogP contribution >= 0.6 is 31.9 Å². The van der Waals surface area contributed by atoms with Gasteiger partial charge in [-0.3, -0.25) is 4.99 Å². The Bertz CT molecular complexity index is 706. The molecular weight excluding hydrogens is 414 g/mol. The van der Waals surface area contributed by atoms with Gasteiger partial charge in [-0.1, -0.05) is 18.2 Å². The van der Waals surface area contributed by atoms with Crippen LogP contribution in [0.4, 0.5) is 5.69 Å². The Labute approximate surface area is 145 Å². The lowest BCUT2D eigenvalue weighted by Gasteiger charge is -2.09. The van der Waals surface area contributed by atoms with E-state index in [-0.39, 0.29) is 0 Å². The highest BCUT2D eigenvalue weighted by molar-refractivity contribution is 9.11. The number of ether oxygens (including phenoxy) is 1. The Morgan fingerprint density at radius 3 is 2.50 bits per heavy atom. The number of carbonyl (C=O) groups is 1. The number of aliphatic imine (C=N–C) groups is 1. The van der Waals surface area contributed by atoms with E-state index in [4.69, 9.17) is 9.84 Å². The number of rotatable bonds is 5. The van der Waals surface area contributed by atoms with E-state index in [0.717, 1.165) is 16.8 Å². The van der Waals surface area contributed by atoms with Gasteiger partial charge in [0.2, 0.25) is 0 Å². The zero-order valence-corrected chi connectivity index (χ0v) is 14.9. The molecule has 4 nitrogen and oxygen atoms in total. The van der Waals surface area contributed by atoms with Crippen LogP contribution in [0.2, 0.25) is 0 Å². The first kappa shape index (κ1) is 16.7. The monoisotopic (exact) mass is 425 g/mol. The molecule has 0 heterocycles. The second-order valence-corrected chi connectivity index (χ2v) is 6.25. The van der Waals surface area contributed by atoms with Crippen LogP contribution in [0.15, 0.2) is 50.3 Å². The second-order valence-electron chi connectivity index (χ2n) is 4.54. The lowest BCUT2D eigenvalue weighted by atomic mass is 10.2. The van der Waals surface area contributed by atoms with Gasteiger partial charge in [0, 0.05) is 6.21 Å². The number of benzene rings is 2. The van der Waals surface area contributed by atoms with Gasteiger partial charge in [0.25, 0.3) is 0 Å². The highest BCUT2D eigenvalue weighted by atomic mass is 79.9. The van der Waals surface area contributed by atoms with Crippen molar-refractivity contribution >= 4 is 49.7 Å². The molecule has 0 radical (unpaired) electrons. The van der Waals surface area contributed by atoms with Gasteiger partial charge < -0.3 is 9.84 Å². The van der Waals surface area contributed by atoms with E-state index in [1.54, 1.807) is 6.21 Å². The molecule has 0 unspecified atom stereocenters. The summed E-state index contributed by atoms with van der Waals surface area (Å²) in [5.74, 6) is -0.570. The molecule has 1 N–H and O–H groups in total. The van der Waals surface area contributed by atoms with Crippen molar-refractivity contribution in [1.82, 2.24) is 0 Å². The largest absolute Gasteiger partial charge is 0.480 e. The number of halogens is 2. The summed E-state index contributed by atoms with van der Waals surface area (Å²) in [5, 5.41) is 8.67. The Morgan fingerprint density at radius 2 is 1.91 bits per heavy atom. The van der Waals surface area contributed by atoms with Crippen LogP contribution in [-0.4, -0.2) is 23.9 Å². The summed E-state index contributed by atoms with van der Waals surface area (Å²) in [6.45, 7) is 1.61.